The summed E-state index contributed by atoms with van der Waals surface area (Å²) in [6, 6.07) is 17.0. The van der Waals surface area contributed by atoms with Crippen molar-refractivity contribution in [3.05, 3.63) is 94.6 Å². The highest BCUT2D eigenvalue weighted by Gasteiger charge is 2.62. The smallest absolute Gasteiger partial charge is 0.420 e. The molecular formula is C25H19ClF3N3O2. The van der Waals surface area contributed by atoms with E-state index in [0.29, 0.717) is 16.7 Å². The first-order chi connectivity index (χ1) is 16.2. The van der Waals surface area contributed by atoms with Crippen molar-refractivity contribution in [2.45, 2.75) is 18.3 Å². The molecule has 4 aromatic rings. The molecular weight excluding hydrogens is 467 g/mol. The molecule has 0 saturated heterocycles. The molecule has 1 atom stereocenters. The van der Waals surface area contributed by atoms with Gasteiger partial charge in [-0.15, -0.1) is 0 Å². The summed E-state index contributed by atoms with van der Waals surface area (Å²) >= 11 is 6.19. The third kappa shape index (κ3) is 3.37. The average molecular weight is 486 g/mol. The Morgan fingerprint density at radius 3 is 2.47 bits per heavy atom. The molecule has 9 heteroatoms. The molecule has 1 aliphatic heterocycles. The van der Waals surface area contributed by atoms with Crippen molar-refractivity contribution in [2.75, 3.05) is 12.0 Å². The van der Waals surface area contributed by atoms with Crippen LogP contribution in [0.1, 0.15) is 16.7 Å². The van der Waals surface area contributed by atoms with E-state index in [4.69, 9.17) is 16.3 Å². The number of alkyl halides is 3. The second kappa shape index (κ2) is 7.99. The van der Waals surface area contributed by atoms with Crippen LogP contribution in [0.4, 0.5) is 23.7 Å². The minimum atomic E-state index is -4.86. The normalized spacial score (nSPS) is 18.0. The Kier molecular flexibility index (Phi) is 5.20. The number of anilines is 1. The molecule has 2 N–H and O–H groups in total. The maximum atomic E-state index is 15.0. The Bertz CT molecular complexity index is 1380. The zero-order valence-electron chi connectivity index (χ0n) is 17.9. The number of carbonyl (C=O) groups is 1. The number of benzene rings is 3. The van der Waals surface area contributed by atoms with Gasteiger partial charge in [0.25, 0.3) is 0 Å². The lowest BCUT2D eigenvalue weighted by atomic mass is 9.79. The Balaban J connectivity index is 1.71. The van der Waals surface area contributed by atoms with Gasteiger partial charge in [-0.2, -0.15) is 13.2 Å². The number of nitrogens with one attached hydrogen (secondary N) is 2. The second-order valence-electron chi connectivity index (χ2n) is 8.02. The predicted octanol–water partition coefficient (Wildman–Crippen LogP) is 6.37. The largest absolute Gasteiger partial charge is 0.497 e. The lowest BCUT2D eigenvalue weighted by Crippen LogP contribution is -2.63. The number of rotatable bonds is 4. The van der Waals surface area contributed by atoms with E-state index < -0.39 is 17.7 Å². The SMILES string of the molecule is COc1ccc(CN2C(=O)N[C@](c3c[nH]c4ccccc34)(C(F)(F)F)c3cc(Cl)ccc32)cc1. The summed E-state index contributed by atoms with van der Waals surface area (Å²) in [6.45, 7) is 0.0618. The van der Waals surface area contributed by atoms with Gasteiger partial charge in [0.15, 0.2) is 5.54 Å². The predicted molar refractivity (Wildman–Crippen MR) is 124 cm³/mol. The quantitative estimate of drug-likeness (QED) is 0.353. The van der Waals surface area contributed by atoms with Crippen LogP contribution in [0.15, 0.2) is 72.9 Å². The first-order valence-corrected chi connectivity index (χ1v) is 10.8. The van der Waals surface area contributed by atoms with E-state index in [1.807, 2.05) is 0 Å². The molecule has 0 bridgehead atoms. The molecule has 5 rings (SSSR count). The van der Waals surface area contributed by atoms with E-state index in [1.165, 1.54) is 36.4 Å². The zero-order chi connectivity index (χ0) is 24.1. The van der Waals surface area contributed by atoms with E-state index in [2.05, 4.69) is 10.3 Å². The summed E-state index contributed by atoms with van der Waals surface area (Å²) in [6.07, 6.45) is -3.57. The molecule has 0 spiro atoms. The maximum Gasteiger partial charge on any atom is 0.420 e. The fourth-order valence-corrected chi connectivity index (χ4v) is 4.66. The van der Waals surface area contributed by atoms with Gasteiger partial charge < -0.3 is 15.0 Å². The van der Waals surface area contributed by atoms with Gasteiger partial charge in [0.2, 0.25) is 0 Å². The van der Waals surface area contributed by atoms with Crippen molar-refractivity contribution >= 4 is 34.2 Å². The lowest BCUT2D eigenvalue weighted by Gasteiger charge is -2.44. The summed E-state index contributed by atoms with van der Waals surface area (Å²) in [5, 5.41) is 2.79. The number of para-hydroxylation sites is 1. The minimum Gasteiger partial charge on any atom is -0.497 e. The standard InChI is InChI=1S/C25H19ClF3N3O2/c1-34-17-9-6-15(7-10-17)14-32-22-11-8-16(26)12-19(22)24(25(27,28)29,31-23(32)33)20-13-30-21-5-3-2-4-18(20)21/h2-13,30H,14H2,1H3,(H,31,33)/t24-/m1/s1. The van der Waals surface area contributed by atoms with Crippen molar-refractivity contribution in [1.29, 1.82) is 0 Å². The molecule has 1 aliphatic rings. The van der Waals surface area contributed by atoms with Crippen LogP contribution in [-0.2, 0) is 12.1 Å². The van der Waals surface area contributed by atoms with Crippen LogP contribution < -0.4 is 15.0 Å². The molecule has 3 aromatic carbocycles. The number of hydrogen-bond acceptors (Lipinski definition) is 2. The number of aromatic amines is 1. The number of nitrogens with zero attached hydrogens (tertiary/aromatic N) is 1. The van der Waals surface area contributed by atoms with Crippen molar-refractivity contribution in [2.24, 2.45) is 0 Å². The number of urea groups is 1. The topological polar surface area (TPSA) is 57.4 Å². The third-order valence-corrected chi connectivity index (χ3v) is 6.35. The molecule has 0 unspecified atom stereocenters. The average Bonchev–Trinajstić information content (AvgIpc) is 3.25. The number of halogens is 4. The Labute approximate surface area is 198 Å². The minimum absolute atomic E-state index is 0.0618. The summed E-state index contributed by atoms with van der Waals surface area (Å²) in [5.74, 6) is 0.634. The lowest BCUT2D eigenvalue weighted by molar-refractivity contribution is -0.184. The van der Waals surface area contributed by atoms with Crippen molar-refractivity contribution < 1.29 is 22.7 Å². The molecule has 2 heterocycles. The zero-order valence-corrected chi connectivity index (χ0v) is 18.7. The van der Waals surface area contributed by atoms with Crippen molar-refractivity contribution in [1.82, 2.24) is 10.3 Å². The van der Waals surface area contributed by atoms with Crippen LogP contribution in [0.2, 0.25) is 5.02 Å². The van der Waals surface area contributed by atoms with Gasteiger partial charge in [0.1, 0.15) is 5.75 Å². The number of carbonyl (C=O) groups excluding carboxylic acids is 1. The Morgan fingerprint density at radius 1 is 1.03 bits per heavy atom. The molecule has 0 saturated carbocycles. The third-order valence-electron chi connectivity index (χ3n) is 6.11. The first-order valence-electron chi connectivity index (χ1n) is 10.4. The number of aromatic nitrogens is 1. The van der Waals surface area contributed by atoms with Gasteiger partial charge in [0, 0.05) is 33.2 Å². The Morgan fingerprint density at radius 2 is 1.76 bits per heavy atom. The van der Waals surface area contributed by atoms with Crippen molar-refractivity contribution in [3.63, 3.8) is 0 Å². The first kappa shape index (κ1) is 22.2. The van der Waals surface area contributed by atoms with E-state index in [9.17, 15) is 4.79 Å². The molecule has 0 radical (unpaired) electrons. The number of methoxy groups -OCH3 is 1. The van der Waals surface area contributed by atoms with E-state index in [1.54, 1.807) is 48.5 Å². The second-order valence-corrected chi connectivity index (χ2v) is 8.46. The van der Waals surface area contributed by atoms with E-state index in [0.717, 1.165) is 5.56 Å². The molecule has 0 fully saturated rings. The highest BCUT2D eigenvalue weighted by atomic mass is 35.5. The molecule has 1 aromatic heterocycles. The van der Waals surface area contributed by atoms with Gasteiger partial charge >= 0.3 is 12.2 Å². The van der Waals surface area contributed by atoms with Gasteiger partial charge in [-0.25, -0.2) is 4.79 Å². The van der Waals surface area contributed by atoms with Gasteiger partial charge in [-0.3, -0.25) is 4.90 Å². The summed E-state index contributed by atoms with van der Waals surface area (Å²) in [4.78, 5) is 17.5. The summed E-state index contributed by atoms with van der Waals surface area (Å²) in [5.41, 5.74) is -1.66. The summed E-state index contributed by atoms with van der Waals surface area (Å²) in [7, 11) is 1.54. The van der Waals surface area contributed by atoms with Crippen molar-refractivity contribution in [3.8, 4) is 5.75 Å². The molecule has 5 nitrogen and oxygen atoms in total. The highest BCUT2D eigenvalue weighted by Crippen LogP contribution is 2.52. The van der Waals surface area contributed by atoms with Crippen LogP contribution >= 0.6 is 11.6 Å². The number of H-pyrrole nitrogens is 1. The van der Waals surface area contributed by atoms with Gasteiger partial charge in [-0.05, 0) is 42.0 Å². The van der Waals surface area contributed by atoms with Crippen LogP contribution in [-0.4, -0.2) is 24.3 Å². The molecule has 2 amide bonds. The van der Waals surface area contributed by atoms with Crippen LogP contribution in [0.25, 0.3) is 10.9 Å². The fourth-order valence-electron chi connectivity index (χ4n) is 4.49. The summed E-state index contributed by atoms with van der Waals surface area (Å²) < 4.78 is 50.2. The molecule has 0 aliphatic carbocycles. The number of fused-ring (bicyclic) bond motifs is 2. The fraction of sp³-hybridized carbons (Fsp3) is 0.160. The molecule has 34 heavy (non-hydrogen) atoms. The molecule has 174 valence electrons. The number of ether oxygens (including phenoxy) is 1. The van der Waals surface area contributed by atoms with E-state index in [-0.39, 0.29) is 28.4 Å². The number of amides is 2. The monoisotopic (exact) mass is 485 g/mol. The highest BCUT2D eigenvalue weighted by molar-refractivity contribution is 6.30. The maximum absolute atomic E-state index is 15.0. The van der Waals surface area contributed by atoms with E-state index >= 15 is 13.2 Å². The van der Waals surface area contributed by atoms with Crippen LogP contribution in [0.3, 0.4) is 0 Å². The van der Waals surface area contributed by atoms with Crippen LogP contribution in [0.5, 0.6) is 5.75 Å². The van der Waals surface area contributed by atoms with Gasteiger partial charge in [0.05, 0.1) is 19.3 Å². The van der Waals surface area contributed by atoms with Gasteiger partial charge in [-0.1, -0.05) is 41.9 Å². The number of hydrogen-bond donors (Lipinski definition) is 2. The van der Waals surface area contributed by atoms with Crippen LogP contribution in [0, 0.1) is 0 Å². The Hall–Kier alpha value is -3.65.